The molecule has 21 heavy (non-hydrogen) atoms. The van der Waals surface area contributed by atoms with Crippen molar-refractivity contribution in [3.8, 4) is 0 Å². The van der Waals surface area contributed by atoms with Gasteiger partial charge in [0.25, 0.3) is 0 Å². The third kappa shape index (κ3) is 5.63. The van der Waals surface area contributed by atoms with Gasteiger partial charge in [-0.2, -0.15) is 15.0 Å². The number of nitrogens with zero attached hydrogens (tertiary/aromatic N) is 4. The summed E-state index contributed by atoms with van der Waals surface area (Å²) in [5, 5.41) is 3.37. The Morgan fingerprint density at radius 3 is 2.48 bits per heavy atom. The predicted octanol–water partition coefficient (Wildman–Crippen LogP) is 2.99. The van der Waals surface area contributed by atoms with Crippen molar-refractivity contribution in [2.24, 2.45) is 0 Å². The van der Waals surface area contributed by atoms with Gasteiger partial charge in [0.15, 0.2) is 0 Å². The summed E-state index contributed by atoms with van der Waals surface area (Å²) < 4.78 is 5.20. The molecule has 120 valence electrons. The Hall–Kier alpha value is -1.14. The topological polar surface area (TPSA) is 63.2 Å². The van der Waals surface area contributed by atoms with Crippen LogP contribution in [0.2, 0.25) is 5.28 Å². The molecule has 0 saturated carbocycles. The highest BCUT2D eigenvalue weighted by Crippen LogP contribution is 2.19. The molecule has 0 unspecified atom stereocenters. The molecule has 0 aliphatic heterocycles. The fourth-order valence-corrected chi connectivity index (χ4v) is 2.30. The molecule has 6 nitrogen and oxygen atoms in total. The molecule has 1 aromatic rings. The van der Waals surface area contributed by atoms with Crippen molar-refractivity contribution >= 4 is 23.5 Å². The first-order valence-corrected chi connectivity index (χ1v) is 7.94. The molecule has 0 saturated heterocycles. The molecule has 0 aromatic carbocycles. The number of aromatic nitrogens is 3. The Morgan fingerprint density at radius 2 is 1.90 bits per heavy atom. The van der Waals surface area contributed by atoms with Gasteiger partial charge in [-0.15, -0.1) is 0 Å². The first kappa shape index (κ1) is 17.9. The van der Waals surface area contributed by atoms with E-state index in [2.05, 4.69) is 45.9 Å². The number of nitrogens with one attached hydrogen (secondary N) is 1. The van der Waals surface area contributed by atoms with Crippen LogP contribution < -0.4 is 10.2 Å². The van der Waals surface area contributed by atoms with Crippen LogP contribution >= 0.6 is 11.6 Å². The molecule has 1 rings (SSSR count). The van der Waals surface area contributed by atoms with Crippen LogP contribution in [0.1, 0.15) is 40.0 Å². The van der Waals surface area contributed by atoms with E-state index < -0.39 is 0 Å². The predicted molar refractivity (Wildman–Crippen MR) is 87.2 cm³/mol. The van der Waals surface area contributed by atoms with Gasteiger partial charge in [0.05, 0.1) is 6.61 Å². The maximum absolute atomic E-state index is 6.04. The van der Waals surface area contributed by atoms with E-state index in [0.717, 1.165) is 32.4 Å². The Morgan fingerprint density at radius 1 is 1.19 bits per heavy atom. The fourth-order valence-electron chi connectivity index (χ4n) is 2.15. The molecule has 1 N–H and O–H groups in total. The highest BCUT2D eigenvalue weighted by atomic mass is 35.5. The summed E-state index contributed by atoms with van der Waals surface area (Å²) in [6, 6.07) is 0.359. The summed E-state index contributed by atoms with van der Waals surface area (Å²) in [6.07, 6.45) is 3.03. The van der Waals surface area contributed by atoms with Crippen LogP contribution in [0.15, 0.2) is 0 Å². The number of halogens is 1. The average molecular weight is 316 g/mol. The summed E-state index contributed by atoms with van der Waals surface area (Å²) in [7, 11) is 1.69. The van der Waals surface area contributed by atoms with Gasteiger partial charge in [-0.1, -0.05) is 20.8 Å². The summed E-state index contributed by atoms with van der Waals surface area (Å²) in [5.41, 5.74) is 0. The molecule has 0 fully saturated rings. The number of hydrogen-bond acceptors (Lipinski definition) is 6. The lowest BCUT2D eigenvalue weighted by atomic mass is 10.1. The van der Waals surface area contributed by atoms with E-state index in [1.807, 2.05) is 0 Å². The summed E-state index contributed by atoms with van der Waals surface area (Å²) >= 11 is 6.04. The lowest BCUT2D eigenvalue weighted by Crippen LogP contribution is -2.38. The minimum absolute atomic E-state index is 0.215. The molecular weight excluding hydrogens is 290 g/mol. The lowest BCUT2D eigenvalue weighted by molar-refractivity contribution is 0.202. The Labute approximate surface area is 132 Å². The maximum Gasteiger partial charge on any atom is 0.231 e. The maximum atomic E-state index is 6.04. The van der Waals surface area contributed by atoms with Gasteiger partial charge in [0, 0.05) is 26.2 Å². The van der Waals surface area contributed by atoms with Crippen molar-refractivity contribution in [2.75, 3.05) is 37.0 Å². The van der Waals surface area contributed by atoms with Crippen LogP contribution in [0.5, 0.6) is 0 Å². The van der Waals surface area contributed by atoms with Gasteiger partial charge in [-0.25, -0.2) is 0 Å². The van der Waals surface area contributed by atoms with E-state index >= 15 is 0 Å². The second-order valence-electron chi connectivity index (χ2n) is 4.81. The fraction of sp³-hybridized carbons (Fsp3) is 0.786. The smallest absolute Gasteiger partial charge is 0.231 e. The average Bonchev–Trinajstić information content (AvgIpc) is 2.48. The second-order valence-corrected chi connectivity index (χ2v) is 5.15. The lowest BCUT2D eigenvalue weighted by Gasteiger charge is -2.30. The number of rotatable bonds is 10. The van der Waals surface area contributed by atoms with Crippen molar-refractivity contribution in [1.82, 2.24) is 15.0 Å². The Kier molecular flexibility index (Phi) is 8.30. The molecule has 0 aliphatic carbocycles. The number of hydrogen-bond donors (Lipinski definition) is 1. The second kappa shape index (κ2) is 9.73. The zero-order chi connectivity index (χ0) is 15.7. The van der Waals surface area contributed by atoms with Crippen LogP contribution in [0.3, 0.4) is 0 Å². The van der Waals surface area contributed by atoms with Gasteiger partial charge in [-0.05, 0) is 30.9 Å². The molecule has 0 spiro atoms. The number of anilines is 2. The van der Waals surface area contributed by atoms with Crippen molar-refractivity contribution in [1.29, 1.82) is 0 Å². The third-order valence-electron chi connectivity index (χ3n) is 3.31. The molecule has 1 heterocycles. The largest absolute Gasteiger partial charge is 0.383 e. The molecular formula is C14H26ClN5O. The van der Waals surface area contributed by atoms with E-state index in [1.165, 1.54) is 0 Å². The quantitative estimate of drug-likeness (QED) is 0.716. The minimum Gasteiger partial charge on any atom is -0.383 e. The van der Waals surface area contributed by atoms with Gasteiger partial charge in [0.1, 0.15) is 0 Å². The van der Waals surface area contributed by atoms with Gasteiger partial charge >= 0.3 is 0 Å². The third-order valence-corrected chi connectivity index (χ3v) is 3.47. The van der Waals surface area contributed by atoms with Crippen molar-refractivity contribution < 1.29 is 4.74 Å². The summed E-state index contributed by atoms with van der Waals surface area (Å²) in [4.78, 5) is 15.0. The summed E-state index contributed by atoms with van der Waals surface area (Å²) in [5.74, 6) is 1.14. The van der Waals surface area contributed by atoms with Crippen LogP contribution in [0, 0.1) is 0 Å². The van der Waals surface area contributed by atoms with Crippen molar-refractivity contribution in [3.63, 3.8) is 0 Å². The molecule has 0 radical (unpaired) electrons. The van der Waals surface area contributed by atoms with Crippen molar-refractivity contribution in [2.45, 2.75) is 46.1 Å². The molecule has 7 heteroatoms. The highest BCUT2D eigenvalue weighted by Gasteiger charge is 2.19. The SMILES string of the molecule is CCCNc1nc(Cl)nc(N(CCOC)C(CC)CC)n1. The first-order valence-electron chi connectivity index (χ1n) is 7.57. The van der Waals surface area contributed by atoms with E-state index in [1.54, 1.807) is 7.11 Å². The van der Waals surface area contributed by atoms with E-state index in [0.29, 0.717) is 24.5 Å². The molecule has 0 bridgehead atoms. The molecule has 0 aliphatic rings. The number of ether oxygens (including phenoxy) is 1. The Balaban J connectivity index is 3.01. The zero-order valence-electron chi connectivity index (χ0n) is 13.4. The first-order chi connectivity index (χ1) is 10.2. The number of methoxy groups -OCH3 is 1. The molecule has 1 aromatic heterocycles. The van der Waals surface area contributed by atoms with Gasteiger partial charge in [-0.3, -0.25) is 0 Å². The van der Waals surface area contributed by atoms with Crippen LogP contribution in [-0.2, 0) is 4.74 Å². The van der Waals surface area contributed by atoms with Gasteiger partial charge < -0.3 is 15.0 Å². The highest BCUT2D eigenvalue weighted by molar-refractivity contribution is 6.28. The molecule has 0 amide bonds. The minimum atomic E-state index is 0.215. The van der Waals surface area contributed by atoms with Crippen LogP contribution in [0.25, 0.3) is 0 Å². The van der Waals surface area contributed by atoms with E-state index in [4.69, 9.17) is 16.3 Å². The van der Waals surface area contributed by atoms with E-state index in [9.17, 15) is 0 Å². The summed E-state index contributed by atoms with van der Waals surface area (Å²) in [6.45, 7) is 8.57. The molecule has 0 atom stereocenters. The van der Waals surface area contributed by atoms with Crippen molar-refractivity contribution in [3.05, 3.63) is 5.28 Å². The van der Waals surface area contributed by atoms with Crippen LogP contribution in [-0.4, -0.2) is 47.8 Å². The van der Waals surface area contributed by atoms with Crippen LogP contribution in [0.4, 0.5) is 11.9 Å². The van der Waals surface area contributed by atoms with Gasteiger partial charge in [0.2, 0.25) is 17.2 Å². The monoisotopic (exact) mass is 315 g/mol. The van der Waals surface area contributed by atoms with E-state index in [-0.39, 0.29) is 5.28 Å². The standard InChI is InChI=1S/C14H26ClN5O/c1-5-8-16-13-17-12(15)18-14(19-13)20(9-10-21-4)11(6-2)7-3/h11H,5-10H2,1-4H3,(H,16,17,18,19). The normalized spacial score (nSPS) is 11.0. The zero-order valence-corrected chi connectivity index (χ0v) is 14.2. The Bertz CT molecular complexity index is 414.